The number of carbonyl (C=O) groups is 2. The van der Waals surface area contributed by atoms with Gasteiger partial charge < -0.3 is 20.3 Å². The quantitative estimate of drug-likeness (QED) is 0.805. The number of anilines is 1. The highest BCUT2D eigenvalue weighted by Crippen LogP contribution is 2.15. The highest BCUT2D eigenvalue weighted by molar-refractivity contribution is 5.89. The first-order valence-electron chi connectivity index (χ1n) is 9.67. The van der Waals surface area contributed by atoms with E-state index in [9.17, 15) is 9.59 Å². The third-order valence-corrected chi connectivity index (χ3v) is 4.97. The second kappa shape index (κ2) is 9.78. The van der Waals surface area contributed by atoms with E-state index in [-0.39, 0.29) is 18.0 Å². The van der Waals surface area contributed by atoms with Crippen LogP contribution in [-0.4, -0.2) is 43.1 Å². The summed E-state index contributed by atoms with van der Waals surface area (Å²) in [6.07, 6.45) is 2.71. The summed E-state index contributed by atoms with van der Waals surface area (Å²) in [6, 6.07) is 17.3. The van der Waals surface area contributed by atoms with Crippen molar-refractivity contribution in [2.75, 3.05) is 25.5 Å². The SMILES string of the molecule is COc1ccc(CCC(=O)NC2CCN(C(=O)Nc3ccccc3)CC2)cc1. The number of carbonyl (C=O) groups excluding carboxylic acids is 2. The monoisotopic (exact) mass is 381 g/mol. The molecule has 6 heteroatoms. The number of piperidine rings is 1. The maximum absolute atomic E-state index is 12.3. The van der Waals surface area contributed by atoms with Crippen LogP contribution in [0.3, 0.4) is 0 Å². The summed E-state index contributed by atoms with van der Waals surface area (Å²) in [4.78, 5) is 26.4. The summed E-state index contributed by atoms with van der Waals surface area (Å²) in [7, 11) is 1.64. The zero-order valence-corrected chi connectivity index (χ0v) is 16.2. The van der Waals surface area contributed by atoms with Gasteiger partial charge in [-0.25, -0.2) is 4.79 Å². The van der Waals surface area contributed by atoms with Gasteiger partial charge in [-0.05, 0) is 49.1 Å². The van der Waals surface area contributed by atoms with Gasteiger partial charge in [-0.1, -0.05) is 30.3 Å². The lowest BCUT2D eigenvalue weighted by atomic mass is 10.0. The maximum Gasteiger partial charge on any atom is 0.321 e. The number of rotatable bonds is 6. The van der Waals surface area contributed by atoms with Crippen molar-refractivity contribution in [1.29, 1.82) is 0 Å². The number of para-hydroxylation sites is 1. The number of nitrogens with zero attached hydrogens (tertiary/aromatic N) is 1. The molecule has 1 aliphatic heterocycles. The molecular weight excluding hydrogens is 354 g/mol. The number of urea groups is 1. The number of hydrogen-bond acceptors (Lipinski definition) is 3. The standard InChI is InChI=1S/C22H27N3O3/c1-28-20-10-7-17(8-11-20)9-12-21(26)23-19-13-15-25(16-14-19)22(27)24-18-5-3-2-4-6-18/h2-8,10-11,19H,9,12-16H2,1H3,(H,23,26)(H,24,27). The summed E-state index contributed by atoms with van der Waals surface area (Å²) in [5, 5.41) is 6.00. The van der Waals surface area contributed by atoms with E-state index in [0.717, 1.165) is 29.8 Å². The highest BCUT2D eigenvalue weighted by Gasteiger charge is 2.23. The van der Waals surface area contributed by atoms with E-state index >= 15 is 0 Å². The minimum absolute atomic E-state index is 0.0583. The van der Waals surface area contributed by atoms with Crippen molar-refractivity contribution in [3.8, 4) is 5.75 Å². The molecule has 0 aliphatic carbocycles. The van der Waals surface area contributed by atoms with Gasteiger partial charge in [0.15, 0.2) is 0 Å². The molecule has 0 spiro atoms. The summed E-state index contributed by atoms with van der Waals surface area (Å²) in [5.41, 5.74) is 1.91. The van der Waals surface area contributed by atoms with E-state index < -0.39 is 0 Å². The molecule has 148 valence electrons. The Morgan fingerprint density at radius 3 is 2.36 bits per heavy atom. The number of amides is 3. The fourth-order valence-corrected chi connectivity index (χ4v) is 3.30. The molecule has 1 aliphatic rings. The van der Waals surface area contributed by atoms with Crippen LogP contribution >= 0.6 is 0 Å². The first-order valence-corrected chi connectivity index (χ1v) is 9.67. The van der Waals surface area contributed by atoms with Crippen molar-refractivity contribution in [3.63, 3.8) is 0 Å². The Morgan fingerprint density at radius 2 is 1.71 bits per heavy atom. The molecule has 0 saturated carbocycles. The molecule has 0 bridgehead atoms. The van der Waals surface area contributed by atoms with E-state index in [0.29, 0.717) is 25.9 Å². The van der Waals surface area contributed by atoms with Crippen LogP contribution in [0.15, 0.2) is 54.6 Å². The predicted octanol–water partition coefficient (Wildman–Crippen LogP) is 3.44. The number of ether oxygens (including phenoxy) is 1. The van der Waals surface area contributed by atoms with Gasteiger partial charge in [0, 0.05) is 31.2 Å². The van der Waals surface area contributed by atoms with E-state index in [4.69, 9.17) is 4.74 Å². The Bertz CT molecular complexity index is 769. The minimum atomic E-state index is -0.0875. The number of nitrogens with one attached hydrogen (secondary N) is 2. The van der Waals surface area contributed by atoms with Gasteiger partial charge in [-0.15, -0.1) is 0 Å². The van der Waals surface area contributed by atoms with Gasteiger partial charge in [0.05, 0.1) is 7.11 Å². The lowest BCUT2D eigenvalue weighted by Gasteiger charge is -2.32. The average Bonchev–Trinajstić information content (AvgIpc) is 2.74. The van der Waals surface area contributed by atoms with Gasteiger partial charge in [0.2, 0.25) is 5.91 Å². The van der Waals surface area contributed by atoms with Gasteiger partial charge in [-0.3, -0.25) is 4.79 Å². The topological polar surface area (TPSA) is 70.7 Å². The van der Waals surface area contributed by atoms with Crippen molar-refractivity contribution in [3.05, 3.63) is 60.2 Å². The number of aryl methyl sites for hydroxylation is 1. The first-order chi connectivity index (χ1) is 13.6. The number of likely N-dealkylation sites (tertiary alicyclic amines) is 1. The molecule has 6 nitrogen and oxygen atoms in total. The lowest BCUT2D eigenvalue weighted by molar-refractivity contribution is -0.122. The summed E-state index contributed by atoms with van der Waals surface area (Å²) < 4.78 is 5.14. The third-order valence-electron chi connectivity index (χ3n) is 4.97. The summed E-state index contributed by atoms with van der Waals surface area (Å²) >= 11 is 0. The maximum atomic E-state index is 12.3. The highest BCUT2D eigenvalue weighted by atomic mass is 16.5. The molecule has 0 radical (unpaired) electrons. The van der Waals surface area contributed by atoms with Crippen LogP contribution in [0.25, 0.3) is 0 Å². The van der Waals surface area contributed by atoms with Gasteiger partial charge in [-0.2, -0.15) is 0 Å². The fraction of sp³-hybridized carbons (Fsp3) is 0.364. The molecule has 2 N–H and O–H groups in total. The summed E-state index contributed by atoms with van der Waals surface area (Å²) in [5.74, 6) is 0.874. The van der Waals surface area contributed by atoms with Gasteiger partial charge >= 0.3 is 6.03 Å². The van der Waals surface area contributed by atoms with Crippen LogP contribution in [0.4, 0.5) is 10.5 Å². The van der Waals surface area contributed by atoms with E-state index in [2.05, 4.69) is 10.6 Å². The molecule has 28 heavy (non-hydrogen) atoms. The second-order valence-electron chi connectivity index (χ2n) is 6.97. The largest absolute Gasteiger partial charge is 0.497 e. The van der Waals surface area contributed by atoms with Crippen molar-refractivity contribution < 1.29 is 14.3 Å². The molecule has 3 rings (SSSR count). The van der Waals surface area contributed by atoms with Crippen molar-refractivity contribution in [1.82, 2.24) is 10.2 Å². The second-order valence-corrected chi connectivity index (χ2v) is 6.97. The van der Waals surface area contributed by atoms with E-state index in [1.54, 1.807) is 12.0 Å². The molecule has 1 fully saturated rings. The van der Waals surface area contributed by atoms with Gasteiger partial charge in [0.1, 0.15) is 5.75 Å². The predicted molar refractivity (Wildman–Crippen MR) is 110 cm³/mol. The molecule has 0 unspecified atom stereocenters. The van der Waals surface area contributed by atoms with Gasteiger partial charge in [0.25, 0.3) is 0 Å². The van der Waals surface area contributed by atoms with Crippen LogP contribution in [0, 0.1) is 0 Å². The molecule has 1 heterocycles. The normalized spacial score (nSPS) is 14.4. The van der Waals surface area contributed by atoms with Crippen LogP contribution in [-0.2, 0) is 11.2 Å². The zero-order chi connectivity index (χ0) is 19.8. The Kier molecular flexibility index (Phi) is 6.89. The Labute approximate surface area is 165 Å². The number of methoxy groups -OCH3 is 1. The molecule has 2 aromatic rings. The molecule has 3 amide bonds. The molecule has 1 saturated heterocycles. The molecule has 0 atom stereocenters. The molecule has 0 aromatic heterocycles. The average molecular weight is 381 g/mol. The Hall–Kier alpha value is -3.02. The molecule has 2 aromatic carbocycles. The smallest absolute Gasteiger partial charge is 0.321 e. The minimum Gasteiger partial charge on any atom is -0.497 e. The Balaban J connectivity index is 1.37. The van der Waals surface area contributed by atoms with E-state index in [1.165, 1.54) is 0 Å². The summed E-state index contributed by atoms with van der Waals surface area (Å²) in [6.45, 7) is 1.28. The van der Waals surface area contributed by atoms with Crippen molar-refractivity contribution >= 4 is 17.6 Å². The van der Waals surface area contributed by atoms with Crippen LogP contribution in [0.2, 0.25) is 0 Å². The van der Waals surface area contributed by atoms with Crippen molar-refractivity contribution in [2.45, 2.75) is 31.7 Å². The van der Waals surface area contributed by atoms with Crippen LogP contribution in [0.1, 0.15) is 24.8 Å². The van der Waals surface area contributed by atoms with Crippen LogP contribution in [0.5, 0.6) is 5.75 Å². The fourth-order valence-electron chi connectivity index (χ4n) is 3.30. The number of benzene rings is 2. The Morgan fingerprint density at radius 1 is 1.04 bits per heavy atom. The zero-order valence-electron chi connectivity index (χ0n) is 16.2. The first kappa shape index (κ1) is 19.7. The lowest BCUT2D eigenvalue weighted by Crippen LogP contribution is -2.47. The number of hydrogen-bond donors (Lipinski definition) is 2. The molecular formula is C22H27N3O3. The third kappa shape index (κ3) is 5.74. The van der Waals surface area contributed by atoms with E-state index in [1.807, 2.05) is 54.6 Å². The van der Waals surface area contributed by atoms with Crippen LogP contribution < -0.4 is 15.4 Å². The van der Waals surface area contributed by atoms with Crippen molar-refractivity contribution in [2.24, 2.45) is 0 Å².